The Morgan fingerprint density at radius 1 is 0.943 bits per heavy atom. The van der Waals surface area contributed by atoms with Crippen LogP contribution in [-0.2, 0) is 16.1 Å². The Kier molecular flexibility index (Phi) is 8.17. The lowest BCUT2D eigenvalue weighted by atomic mass is 9.94. The molecule has 0 spiro atoms. The number of aldehydes is 1. The van der Waals surface area contributed by atoms with E-state index in [0.29, 0.717) is 17.9 Å². The molecule has 0 heterocycles. The summed E-state index contributed by atoms with van der Waals surface area (Å²) in [5, 5.41) is 0. The van der Waals surface area contributed by atoms with Gasteiger partial charge in [0.05, 0.1) is 0 Å². The van der Waals surface area contributed by atoms with Crippen LogP contribution in [0.1, 0.15) is 34.0 Å². The van der Waals surface area contributed by atoms with Crippen molar-refractivity contribution in [3.63, 3.8) is 0 Å². The summed E-state index contributed by atoms with van der Waals surface area (Å²) in [6.07, 6.45) is -6.30. The molecule has 0 saturated heterocycles. The molecule has 8 heteroatoms. The molecule has 0 aliphatic carbocycles. The first-order valence-electron chi connectivity index (χ1n) is 10.8. The molecule has 0 fully saturated rings. The number of ether oxygens (including phenoxy) is 3. The fourth-order valence-electron chi connectivity index (χ4n) is 3.66. The lowest BCUT2D eigenvalue weighted by molar-refractivity contribution is -0.225. The lowest BCUT2D eigenvalue weighted by Gasteiger charge is -2.21. The molecule has 0 saturated carbocycles. The van der Waals surface area contributed by atoms with Crippen molar-refractivity contribution in [1.82, 2.24) is 0 Å². The summed E-state index contributed by atoms with van der Waals surface area (Å²) >= 11 is 0. The molecule has 0 aliphatic rings. The summed E-state index contributed by atoms with van der Waals surface area (Å²) in [5.74, 6) is -0.135. The normalized spacial score (nSPS) is 12.1. The van der Waals surface area contributed by atoms with Crippen LogP contribution in [0.25, 0.3) is 11.1 Å². The molecule has 1 unspecified atom stereocenters. The Labute approximate surface area is 201 Å². The number of carbonyl (C=O) groups is 2. The zero-order valence-corrected chi connectivity index (χ0v) is 19.5. The Morgan fingerprint density at radius 2 is 1.60 bits per heavy atom. The Balaban J connectivity index is 1.74. The monoisotopic (exact) mass is 486 g/mol. The molecule has 184 valence electrons. The smallest absolute Gasteiger partial charge is 0.428 e. The SMILES string of the molecule is CC(=O)OC(COc1cc(C)c(-c2cccc(COc3ccc(C=O)cc3)c2)c(C)c1)C(F)(F)F. The van der Waals surface area contributed by atoms with E-state index in [-0.39, 0.29) is 5.75 Å². The third-order valence-electron chi connectivity index (χ3n) is 5.22. The number of hydrogen-bond donors (Lipinski definition) is 0. The van der Waals surface area contributed by atoms with Crippen LogP contribution in [0.15, 0.2) is 60.7 Å². The molecule has 0 bridgehead atoms. The Hall–Kier alpha value is -3.81. The summed E-state index contributed by atoms with van der Waals surface area (Å²) < 4.78 is 54.8. The van der Waals surface area contributed by atoms with Crippen molar-refractivity contribution in [1.29, 1.82) is 0 Å². The number of halogens is 3. The highest BCUT2D eigenvalue weighted by molar-refractivity contribution is 5.75. The van der Waals surface area contributed by atoms with Gasteiger partial charge in [0, 0.05) is 12.5 Å². The molecule has 3 rings (SSSR count). The largest absolute Gasteiger partial charge is 0.489 e. The average Bonchev–Trinajstić information content (AvgIpc) is 2.79. The predicted octanol–water partition coefficient (Wildman–Crippen LogP) is 6.23. The minimum atomic E-state index is -4.73. The molecule has 5 nitrogen and oxygen atoms in total. The van der Waals surface area contributed by atoms with Gasteiger partial charge in [0.15, 0.2) is 0 Å². The highest BCUT2D eigenvalue weighted by Crippen LogP contribution is 2.32. The third kappa shape index (κ3) is 7.09. The molecule has 0 radical (unpaired) electrons. The van der Waals surface area contributed by atoms with Crippen LogP contribution >= 0.6 is 0 Å². The maximum absolute atomic E-state index is 13.1. The van der Waals surface area contributed by atoms with Crippen molar-refractivity contribution in [2.45, 2.75) is 39.7 Å². The van der Waals surface area contributed by atoms with Crippen LogP contribution in [-0.4, -0.2) is 31.1 Å². The van der Waals surface area contributed by atoms with Crippen LogP contribution in [0.3, 0.4) is 0 Å². The van der Waals surface area contributed by atoms with Gasteiger partial charge in [0.25, 0.3) is 0 Å². The Bertz CT molecular complexity index is 1160. The first-order valence-corrected chi connectivity index (χ1v) is 10.8. The van der Waals surface area contributed by atoms with Crippen LogP contribution in [0, 0.1) is 13.8 Å². The van der Waals surface area contributed by atoms with Crippen molar-refractivity contribution in [3.05, 3.63) is 82.9 Å². The predicted molar refractivity (Wildman–Crippen MR) is 125 cm³/mol. The molecule has 0 amide bonds. The van der Waals surface area contributed by atoms with E-state index in [9.17, 15) is 22.8 Å². The number of aryl methyl sites for hydroxylation is 2. The van der Waals surface area contributed by atoms with Crippen molar-refractivity contribution in [3.8, 4) is 22.6 Å². The number of esters is 1. The molecular formula is C27H25F3O5. The highest BCUT2D eigenvalue weighted by atomic mass is 19.4. The fraction of sp³-hybridized carbons (Fsp3) is 0.259. The van der Waals surface area contributed by atoms with Gasteiger partial charge >= 0.3 is 12.1 Å². The minimum absolute atomic E-state index is 0.253. The van der Waals surface area contributed by atoms with Crippen molar-refractivity contribution >= 4 is 12.3 Å². The van der Waals surface area contributed by atoms with Gasteiger partial charge in [-0.2, -0.15) is 13.2 Å². The summed E-state index contributed by atoms with van der Waals surface area (Å²) in [5.41, 5.74) is 4.99. The third-order valence-corrected chi connectivity index (χ3v) is 5.22. The van der Waals surface area contributed by atoms with Crippen molar-refractivity contribution in [2.75, 3.05) is 6.61 Å². The van der Waals surface area contributed by atoms with E-state index in [1.165, 1.54) is 0 Å². The summed E-state index contributed by atoms with van der Waals surface area (Å²) in [4.78, 5) is 21.8. The first kappa shape index (κ1) is 25.8. The van der Waals surface area contributed by atoms with E-state index in [1.54, 1.807) is 36.4 Å². The van der Waals surface area contributed by atoms with Crippen LogP contribution in [0.4, 0.5) is 13.2 Å². The van der Waals surface area contributed by atoms with Gasteiger partial charge in [-0.05, 0) is 84.1 Å². The number of alkyl halides is 3. The lowest BCUT2D eigenvalue weighted by Crippen LogP contribution is -2.38. The standard InChI is InChI=1S/C27H25F3O5/c1-17-11-24(34-16-25(27(28,29)30)35-19(3)32)12-18(2)26(17)22-6-4-5-21(13-22)15-33-23-9-7-20(14-31)8-10-23/h4-14,25H,15-16H2,1-3H3. The van der Waals surface area contributed by atoms with Gasteiger partial charge in [-0.25, -0.2) is 0 Å². The van der Waals surface area contributed by atoms with E-state index < -0.39 is 24.9 Å². The second-order valence-electron chi connectivity index (χ2n) is 8.06. The second kappa shape index (κ2) is 11.1. The number of rotatable bonds is 9. The summed E-state index contributed by atoms with van der Waals surface area (Å²) in [7, 11) is 0. The molecule has 1 atom stereocenters. The molecule has 3 aromatic rings. The van der Waals surface area contributed by atoms with E-state index in [0.717, 1.165) is 41.0 Å². The Morgan fingerprint density at radius 3 is 2.17 bits per heavy atom. The molecule has 3 aromatic carbocycles. The van der Waals surface area contributed by atoms with Crippen LogP contribution in [0.2, 0.25) is 0 Å². The van der Waals surface area contributed by atoms with E-state index in [4.69, 9.17) is 9.47 Å². The topological polar surface area (TPSA) is 61.8 Å². The zero-order valence-electron chi connectivity index (χ0n) is 19.5. The molecule has 0 N–H and O–H groups in total. The second-order valence-corrected chi connectivity index (χ2v) is 8.06. The van der Waals surface area contributed by atoms with E-state index >= 15 is 0 Å². The van der Waals surface area contributed by atoms with Gasteiger partial charge in [-0.1, -0.05) is 18.2 Å². The van der Waals surface area contributed by atoms with Gasteiger partial charge in [0.2, 0.25) is 6.10 Å². The molecular weight excluding hydrogens is 461 g/mol. The molecule has 0 aliphatic heterocycles. The van der Waals surface area contributed by atoms with Gasteiger partial charge in [-0.3, -0.25) is 9.59 Å². The number of carbonyl (C=O) groups excluding carboxylic acids is 2. The first-order chi connectivity index (χ1) is 16.6. The summed E-state index contributed by atoms with van der Waals surface area (Å²) in [6.45, 7) is 4.11. The highest BCUT2D eigenvalue weighted by Gasteiger charge is 2.43. The molecule has 0 aromatic heterocycles. The summed E-state index contributed by atoms with van der Waals surface area (Å²) in [6, 6.07) is 17.9. The zero-order chi connectivity index (χ0) is 25.6. The fourth-order valence-corrected chi connectivity index (χ4v) is 3.66. The van der Waals surface area contributed by atoms with Crippen molar-refractivity contribution < 1.29 is 37.0 Å². The number of hydrogen-bond acceptors (Lipinski definition) is 5. The minimum Gasteiger partial charge on any atom is -0.489 e. The number of benzene rings is 3. The van der Waals surface area contributed by atoms with Crippen LogP contribution in [0.5, 0.6) is 11.5 Å². The molecule has 35 heavy (non-hydrogen) atoms. The van der Waals surface area contributed by atoms with E-state index in [1.807, 2.05) is 38.1 Å². The quantitative estimate of drug-likeness (QED) is 0.265. The van der Waals surface area contributed by atoms with Gasteiger partial charge in [-0.15, -0.1) is 0 Å². The van der Waals surface area contributed by atoms with E-state index in [2.05, 4.69) is 4.74 Å². The van der Waals surface area contributed by atoms with Crippen LogP contribution < -0.4 is 9.47 Å². The van der Waals surface area contributed by atoms with Gasteiger partial charge in [0.1, 0.15) is 31.0 Å². The maximum atomic E-state index is 13.1. The maximum Gasteiger partial charge on any atom is 0.428 e. The van der Waals surface area contributed by atoms with Gasteiger partial charge < -0.3 is 14.2 Å². The average molecular weight is 486 g/mol. The van der Waals surface area contributed by atoms with Crippen molar-refractivity contribution in [2.24, 2.45) is 0 Å².